The Labute approximate surface area is 83.9 Å². The summed E-state index contributed by atoms with van der Waals surface area (Å²) in [5.41, 5.74) is 5.27. The van der Waals surface area contributed by atoms with Crippen molar-refractivity contribution in [2.24, 2.45) is 11.3 Å². The quantitative estimate of drug-likeness (QED) is 0.519. The first-order valence-electron chi connectivity index (χ1n) is 4.92. The van der Waals surface area contributed by atoms with E-state index >= 15 is 0 Å². The second kappa shape index (κ2) is 3.20. The van der Waals surface area contributed by atoms with E-state index in [1.807, 2.05) is 6.20 Å². The standard InChI is InChI=1S/C10H16N4/c1-10(2)4-3-8-7(5-10)6-12-9(13-8)14-11/h6H,3-5,11H2,1-2H3,(H,12,13,14). The summed E-state index contributed by atoms with van der Waals surface area (Å²) in [5, 5.41) is 0. The zero-order chi connectivity index (χ0) is 10.2. The zero-order valence-corrected chi connectivity index (χ0v) is 8.67. The number of hydrazine groups is 1. The number of nitrogen functional groups attached to an aromatic ring is 1. The van der Waals surface area contributed by atoms with Crippen LogP contribution >= 0.6 is 0 Å². The van der Waals surface area contributed by atoms with Crippen molar-refractivity contribution in [3.63, 3.8) is 0 Å². The third kappa shape index (κ3) is 1.70. The summed E-state index contributed by atoms with van der Waals surface area (Å²) in [7, 11) is 0. The van der Waals surface area contributed by atoms with Gasteiger partial charge in [0.05, 0.1) is 0 Å². The molecule has 0 atom stereocenters. The predicted molar refractivity (Wildman–Crippen MR) is 55.6 cm³/mol. The summed E-state index contributed by atoms with van der Waals surface area (Å²) < 4.78 is 0. The average Bonchev–Trinajstić information content (AvgIpc) is 2.16. The van der Waals surface area contributed by atoms with Crippen molar-refractivity contribution >= 4 is 5.95 Å². The maximum atomic E-state index is 5.26. The molecule has 1 aromatic heterocycles. The van der Waals surface area contributed by atoms with E-state index < -0.39 is 0 Å². The number of aromatic nitrogens is 2. The van der Waals surface area contributed by atoms with Crippen molar-refractivity contribution in [1.29, 1.82) is 0 Å². The first kappa shape index (κ1) is 9.40. The van der Waals surface area contributed by atoms with E-state index in [0.717, 1.165) is 18.5 Å². The van der Waals surface area contributed by atoms with Crippen LogP contribution in [0.2, 0.25) is 0 Å². The van der Waals surface area contributed by atoms with Crippen LogP contribution in [0.5, 0.6) is 0 Å². The van der Waals surface area contributed by atoms with E-state index in [0.29, 0.717) is 11.4 Å². The molecule has 0 amide bonds. The third-order valence-corrected chi connectivity index (χ3v) is 2.79. The third-order valence-electron chi connectivity index (χ3n) is 2.79. The van der Waals surface area contributed by atoms with Gasteiger partial charge < -0.3 is 0 Å². The van der Waals surface area contributed by atoms with Crippen LogP contribution < -0.4 is 11.3 Å². The Hall–Kier alpha value is -1.16. The summed E-state index contributed by atoms with van der Waals surface area (Å²) in [6, 6.07) is 0. The molecule has 3 N–H and O–H groups in total. The van der Waals surface area contributed by atoms with Crippen molar-refractivity contribution in [3.8, 4) is 0 Å². The first-order chi connectivity index (χ1) is 6.61. The summed E-state index contributed by atoms with van der Waals surface area (Å²) >= 11 is 0. The van der Waals surface area contributed by atoms with Crippen molar-refractivity contribution in [3.05, 3.63) is 17.5 Å². The van der Waals surface area contributed by atoms with Crippen molar-refractivity contribution in [1.82, 2.24) is 9.97 Å². The van der Waals surface area contributed by atoms with Gasteiger partial charge in [0, 0.05) is 11.9 Å². The smallest absolute Gasteiger partial charge is 0.237 e. The van der Waals surface area contributed by atoms with Crippen LogP contribution in [0.4, 0.5) is 5.95 Å². The number of rotatable bonds is 1. The van der Waals surface area contributed by atoms with Crippen LogP contribution in [0.15, 0.2) is 6.20 Å². The fourth-order valence-corrected chi connectivity index (χ4v) is 1.94. The highest BCUT2D eigenvalue weighted by Crippen LogP contribution is 2.33. The number of fused-ring (bicyclic) bond motifs is 1. The normalized spacial score (nSPS) is 18.8. The van der Waals surface area contributed by atoms with Gasteiger partial charge in [-0.05, 0) is 30.2 Å². The summed E-state index contributed by atoms with van der Waals surface area (Å²) in [5.74, 6) is 5.78. The minimum atomic E-state index is 0.383. The van der Waals surface area contributed by atoms with Crippen molar-refractivity contribution in [2.45, 2.75) is 33.1 Å². The van der Waals surface area contributed by atoms with Crippen LogP contribution in [0.3, 0.4) is 0 Å². The maximum Gasteiger partial charge on any atom is 0.237 e. The second-order valence-corrected chi connectivity index (χ2v) is 4.65. The molecule has 4 nitrogen and oxygen atoms in total. The molecular formula is C10H16N4. The fourth-order valence-electron chi connectivity index (χ4n) is 1.94. The molecule has 0 aliphatic heterocycles. The Morgan fingerprint density at radius 3 is 3.00 bits per heavy atom. The first-order valence-corrected chi connectivity index (χ1v) is 4.92. The number of hydrogen-bond donors (Lipinski definition) is 2. The lowest BCUT2D eigenvalue weighted by atomic mass is 9.76. The van der Waals surface area contributed by atoms with E-state index in [1.54, 1.807) is 0 Å². The molecule has 1 aliphatic rings. The van der Waals surface area contributed by atoms with Crippen LogP contribution in [-0.2, 0) is 12.8 Å². The Morgan fingerprint density at radius 1 is 1.50 bits per heavy atom. The molecule has 0 fully saturated rings. The SMILES string of the molecule is CC1(C)CCc2nc(NN)ncc2C1. The Bertz CT molecular complexity index is 346. The molecule has 0 spiro atoms. The molecule has 0 unspecified atom stereocenters. The van der Waals surface area contributed by atoms with Gasteiger partial charge in [-0.1, -0.05) is 13.8 Å². The molecule has 76 valence electrons. The van der Waals surface area contributed by atoms with E-state index in [-0.39, 0.29) is 0 Å². The molecule has 0 saturated heterocycles. The van der Waals surface area contributed by atoms with Gasteiger partial charge in [0.2, 0.25) is 5.95 Å². The summed E-state index contributed by atoms with van der Waals surface area (Å²) in [6.45, 7) is 4.57. The molecular weight excluding hydrogens is 176 g/mol. The molecule has 2 rings (SSSR count). The van der Waals surface area contributed by atoms with E-state index in [2.05, 4.69) is 29.2 Å². The lowest BCUT2D eigenvalue weighted by Crippen LogP contribution is -2.24. The summed E-state index contributed by atoms with van der Waals surface area (Å²) in [4.78, 5) is 8.48. The predicted octanol–water partition coefficient (Wildman–Crippen LogP) is 1.28. The minimum absolute atomic E-state index is 0.383. The monoisotopic (exact) mass is 192 g/mol. The van der Waals surface area contributed by atoms with Gasteiger partial charge in [0.1, 0.15) is 0 Å². The van der Waals surface area contributed by atoms with E-state index in [4.69, 9.17) is 5.84 Å². The molecule has 0 aromatic carbocycles. The van der Waals surface area contributed by atoms with Crippen molar-refractivity contribution < 1.29 is 0 Å². The molecule has 0 saturated carbocycles. The van der Waals surface area contributed by atoms with Crippen LogP contribution in [0.1, 0.15) is 31.5 Å². The fraction of sp³-hybridized carbons (Fsp3) is 0.600. The van der Waals surface area contributed by atoms with Gasteiger partial charge in [-0.3, -0.25) is 5.43 Å². The number of hydrogen-bond acceptors (Lipinski definition) is 4. The van der Waals surface area contributed by atoms with Gasteiger partial charge in [0.15, 0.2) is 0 Å². The van der Waals surface area contributed by atoms with E-state index in [9.17, 15) is 0 Å². The highest BCUT2D eigenvalue weighted by atomic mass is 15.3. The zero-order valence-electron chi connectivity index (χ0n) is 8.67. The second-order valence-electron chi connectivity index (χ2n) is 4.65. The molecule has 1 heterocycles. The molecule has 14 heavy (non-hydrogen) atoms. The topological polar surface area (TPSA) is 63.8 Å². The Morgan fingerprint density at radius 2 is 2.29 bits per heavy atom. The summed E-state index contributed by atoms with van der Waals surface area (Å²) in [6.07, 6.45) is 5.16. The lowest BCUT2D eigenvalue weighted by Gasteiger charge is -2.30. The van der Waals surface area contributed by atoms with Crippen LogP contribution in [0.25, 0.3) is 0 Å². The number of anilines is 1. The molecule has 1 aromatic rings. The van der Waals surface area contributed by atoms with Gasteiger partial charge in [-0.15, -0.1) is 0 Å². The molecule has 0 bridgehead atoms. The highest BCUT2D eigenvalue weighted by Gasteiger charge is 2.26. The largest absolute Gasteiger partial charge is 0.292 e. The van der Waals surface area contributed by atoms with Gasteiger partial charge >= 0.3 is 0 Å². The molecule has 0 radical (unpaired) electrons. The van der Waals surface area contributed by atoms with Crippen molar-refractivity contribution in [2.75, 3.05) is 5.43 Å². The number of nitrogens with zero attached hydrogens (tertiary/aromatic N) is 2. The van der Waals surface area contributed by atoms with Gasteiger partial charge in [-0.2, -0.15) is 0 Å². The number of nitrogens with two attached hydrogens (primary N) is 1. The van der Waals surface area contributed by atoms with E-state index in [1.165, 1.54) is 12.0 Å². The van der Waals surface area contributed by atoms with Gasteiger partial charge in [-0.25, -0.2) is 15.8 Å². The number of nitrogens with one attached hydrogen (secondary N) is 1. The van der Waals surface area contributed by atoms with Gasteiger partial charge in [0.25, 0.3) is 0 Å². The number of aryl methyl sites for hydroxylation is 1. The van der Waals surface area contributed by atoms with Crippen LogP contribution in [-0.4, -0.2) is 9.97 Å². The minimum Gasteiger partial charge on any atom is -0.292 e. The average molecular weight is 192 g/mol. The lowest BCUT2D eigenvalue weighted by molar-refractivity contribution is 0.311. The Balaban J connectivity index is 2.32. The van der Waals surface area contributed by atoms with Crippen LogP contribution in [0, 0.1) is 5.41 Å². The Kier molecular flexibility index (Phi) is 2.15. The molecule has 1 aliphatic carbocycles. The highest BCUT2D eigenvalue weighted by molar-refractivity contribution is 5.30. The molecule has 4 heteroatoms. The maximum absolute atomic E-state index is 5.26.